The van der Waals surface area contributed by atoms with Crippen LogP contribution >= 0.6 is 0 Å². The first-order valence-corrected chi connectivity index (χ1v) is 5.78. The standard InChI is InChI=1S/C15H14O2/c1-11-2-3-13-7-14(5-4-12(13)6-11)15(8-16)9-17-10-15/h2-8H,9-10H2,1H3. The zero-order valence-corrected chi connectivity index (χ0v) is 9.77. The predicted octanol–water partition coefficient (Wildman–Crippen LogP) is 2.62. The molecular formula is C15H14O2. The third-order valence-corrected chi connectivity index (χ3v) is 3.52. The van der Waals surface area contributed by atoms with Gasteiger partial charge in [-0.05, 0) is 29.3 Å². The van der Waals surface area contributed by atoms with Crippen LogP contribution in [0.4, 0.5) is 0 Å². The number of rotatable bonds is 2. The summed E-state index contributed by atoms with van der Waals surface area (Å²) in [6.07, 6.45) is 1.02. The summed E-state index contributed by atoms with van der Waals surface area (Å²) in [6.45, 7) is 3.10. The topological polar surface area (TPSA) is 26.3 Å². The largest absolute Gasteiger partial charge is 0.379 e. The fourth-order valence-corrected chi connectivity index (χ4v) is 2.30. The Kier molecular flexibility index (Phi) is 2.26. The molecule has 1 aliphatic rings. The first-order valence-electron chi connectivity index (χ1n) is 5.78. The van der Waals surface area contributed by atoms with Crippen molar-refractivity contribution in [2.75, 3.05) is 13.2 Å². The maximum Gasteiger partial charge on any atom is 0.135 e. The van der Waals surface area contributed by atoms with Crippen molar-refractivity contribution in [3.8, 4) is 0 Å². The molecule has 2 aromatic rings. The Balaban J connectivity index is 2.13. The number of aryl methyl sites for hydroxylation is 1. The molecule has 0 unspecified atom stereocenters. The van der Waals surface area contributed by atoms with Gasteiger partial charge in [-0.1, -0.05) is 35.9 Å². The number of carbonyl (C=O) groups is 1. The minimum Gasteiger partial charge on any atom is -0.379 e. The van der Waals surface area contributed by atoms with E-state index in [1.807, 2.05) is 6.07 Å². The third kappa shape index (κ3) is 1.56. The second kappa shape index (κ2) is 3.67. The summed E-state index contributed by atoms with van der Waals surface area (Å²) in [7, 11) is 0. The molecule has 17 heavy (non-hydrogen) atoms. The van der Waals surface area contributed by atoms with E-state index < -0.39 is 5.41 Å². The van der Waals surface area contributed by atoms with Crippen LogP contribution in [0, 0.1) is 6.92 Å². The number of benzene rings is 2. The van der Waals surface area contributed by atoms with Gasteiger partial charge in [0.2, 0.25) is 0 Å². The van der Waals surface area contributed by atoms with Crippen molar-refractivity contribution in [2.45, 2.75) is 12.3 Å². The highest BCUT2D eigenvalue weighted by Gasteiger charge is 2.40. The Morgan fingerprint density at radius 1 is 1.12 bits per heavy atom. The van der Waals surface area contributed by atoms with Gasteiger partial charge in [0.15, 0.2) is 0 Å². The van der Waals surface area contributed by atoms with Gasteiger partial charge in [-0.15, -0.1) is 0 Å². The molecule has 86 valence electrons. The molecule has 2 aromatic carbocycles. The molecule has 3 rings (SSSR count). The zero-order valence-electron chi connectivity index (χ0n) is 9.77. The van der Waals surface area contributed by atoms with Crippen LogP contribution in [0.3, 0.4) is 0 Å². The van der Waals surface area contributed by atoms with Crippen LogP contribution in [0.15, 0.2) is 36.4 Å². The highest BCUT2D eigenvalue weighted by Crippen LogP contribution is 2.32. The van der Waals surface area contributed by atoms with Crippen LogP contribution in [-0.2, 0) is 14.9 Å². The number of carbonyl (C=O) groups excluding carboxylic acids is 1. The Morgan fingerprint density at radius 2 is 1.82 bits per heavy atom. The summed E-state index contributed by atoms with van der Waals surface area (Å²) in [4.78, 5) is 11.2. The van der Waals surface area contributed by atoms with E-state index in [1.54, 1.807) is 0 Å². The second-order valence-electron chi connectivity index (χ2n) is 4.83. The smallest absolute Gasteiger partial charge is 0.135 e. The second-order valence-corrected chi connectivity index (χ2v) is 4.83. The summed E-state index contributed by atoms with van der Waals surface area (Å²) < 4.78 is 5.18. The molecule has 1 saturated heterocycles. The van der Waals surface area contributed by atoms with Crippen molar-refractivity contribution in [2.24, 2.45) is 0 Å². The van der Waals surface area contributed by atoms with Crippen molar-refractivity contribution in [1.82, 2.24) is 0 Å². The Bertz CT molecular complexity index is 582. The Labute approximate surface area is 100 Å². The van der Waals surface area contributed by atoms with Gasteiger partial charge in [0, 0.05) is 0 Å². The summed E-state index contributed by atoms with van der Waals surface area (Å²) in [5.41, 5.74) is 1.91. The van der Waals surface area contributed by atoms with E-state index in [4.69, 9.17) is 4.74 Å². The highest BCUT2D eigenvalue weighted by molar-refractivity contribution is 5.85. The fraction of sp³-hybridized carbons (Fsp3) is 0.267. The predicted molar refractivity (Wildman–Crippen MR) is 67.2 cm³/mol. The van der Waals surface area contributed by atoms with E-state index >= 15 is 0 Å². The van der Waals surface area contributed by atoms with Crippen molar-refractivity contribution >= 4 is 17.1 Å². The Hall–Kier alpha value is -1.67. The summed E-state index contributed by atoms with van der Waals surface area (Å²) >= 11 is 0. The normalized spacial score (nSPS) is 17.7. The molecule has 2 nitrogen and oxygen atoms in total. The van der Waals surface area contributed by atoms with E-state index in [9.17, 15) is 4.79 Å². The van der Waals surface area contributed by atoms with Gasteiger partial charge in [-0.3, -0.25) is 0 Å². The minimum atomic E-state index is -0.404. The van der Waals surface area contributed by atoms with Crippen LogP contribution in [0.2, 0.25) is 0 Å². The monoisotopic (exact) mass is 226 g/mol. The van der Waals surface area contributed by atoms with E-state index in [1.165, 1.54) is 16.3 Å². The molecule has 0 N–H and O–H groups in total. The van der Waals surface area contributed by atoms with Crippen molar-refractivity contribution in [1.29, 1.82) is 0 Å². The first kappa shape index (κ1) is 10.5. The quantitative estimate of drug-likeness (QED) is 0.736. The molecule has 2 heteroatoms. The van der Waals surface area contributed by atoms with Gasteiger partial charge in [0.1, 0.15) is 6.29 Å². The molecular weight excluding hydrogens is 212 g/mol. The molecule has 0 bridgehead atoms. The molecule has 0 saturated carbocycles. The maximum atomic E-state index is 11.2. The molecule has 0 radical (unpaired) electrons. The lowest BCUT2D eigenvalue weighted by atomic mass is 9.79. The SMILES string of the molecule is Cc1ccc2cc(C3(C=O)COC3)ccc2c1. The summed E-state index contributed by atoms with van der Waals surface area (Å²) in [6, 6.07) is 12.6. The van der Waals surface area contributed by atoms with Crippen molar-refractivity contribution < 1.29 is 9.53 Å². The number of aldehydes is 1. The fourth-order valence-electron chi connectivity index (χ4n) is 2.30. The Morgan fingerprint density at radius 3 is 2.47 bits per heavy atom. The lowest BCUT2D eigenvalue weighted by Crippen LogP contribution is -2.48. The molecule has 0 aromatic heterocycles. The molecule has 0 atom stereocenters. The van der Waals surface area contributed by atoms with Gasteiger partial charge >= 0.3 is 0 Å². The van der Waals surface area contributed by atoms with Crippen LogP contribution < -0.4 is 0 Å². The van der Waals surface area contributed by atoms with Gasteiger partial charge < -0.3 is 9.53 Å². The highest BCUT2D eigenvalue weighted by atomic mass is 16.5. The average Bonchev–Trinajstić information content (AvgIpc) is 2.28. The van der Waals surface area contributed by atoms with Gasteiger partial charge in [-0.25, -0.2) is 0 Å². The van der Waals surface area contributed by atoms with E-state index in [2.05, 4.69) is 37.3 Å². The summed E-state index contributed by atoms with van der Waals surface area (Å²) in [5, 5.41) is 2.40. The first-order chi connectivity index (χ1) is 8.23. The lowest BCUT2D eigenvalue weighted by molar-refractivity contribution is -0.129. The van der Waals surface area contributed by atoms with Crippen molar-refractivity contribution in [3.63, 3.8) is 0 Å². The van der Waals surface area contributed by atoms with E-state index in [0.717, 1.165) is 11.8 Å². The zero-order chi connectivity index (χ0) is 11.9. The molecule has 0 aliphatic carbocycles. The van der Waals surface area contributed by atoms with Gasteiger partial charge in [0.05, 0.1) is 18.6 Å². The molecule has 1 aliphatic heterocycles. The lowest BCUT2D eigenvalue weighted by Gasteiger charge is -2.36. The van der Waals surface area contributed by atoms with Gasteiger partial charge in [-0.2, -0.15) is 0 Å². The van der Waals surface area contributed by atoms with Crippen molar-refractivity contribution in [3.05, 3.63) is 47.5 Å². The molecule has 1 fully saturated rings. The number of fused-ring (bicyclic) bond motifs is 1. The number of hydrogen-bond donors (Lipinski definition) is 0. The molecule has 0 amide bonds. The molecule has 1 heterocycles. The van der Waals surface area contributed by atoms with Crippen LogP contribution in [0.5, 0.6) is 0 Å². The molecule has 0 spiro atoms. The minimum absolute atomic E-state index is 0.404. The average molecular weight is 226 g/mol. The maximum absolute atomic E-state index is 11.2. The van der Waals surface area contributed by atoms with Crippen LogP contribution in [0.1, 0.15) is 11.1 Å². The van der Waals surface area contributed by atoms with E-state index in [0.29, 0.717) is 13.2 Å². The van der Waals surface area contributed by atoms with Gasteiger partial charge in [0.25, 0.3) is 0 Å². The summed E-state index contributed by atoms with van der Waals surface area (Å²) in [5.74, 6) is 0. The number of ether oxygens (including phenoxy) is 1. The van der Waals surface area contributed by atoms with Crippen LogP contribution in [0.25, 0.3) is 10.8 Å². The number of hydrogen-bond acceptors (Lipinski definition) is 2. The van der Waals surface area contributed by atoms with E-state index in [-0.39, 0.29) is 0 Å². The third-order valence-electron chi connectivity index (χ3n) is 3.52. The van der Waals surface area contributed by atoms with Crippen LogP contribution in [-0.4, -0.2) is 19.5 Å².